The lowest BCUT2D eigenvalue weighted by molar-refractivity contribution is -0.139. The van der Waals surface area contributed by atoms with Gasteiger partial charge in [0.15, 0.2) is 0 Å². The second kappa shape index (κ2) is 31.7. The summed E-state index contributed by atoms with van der Waals surface area (Å²) in [6, 6.07) is 33.8. The average Bonchev–Trinajstić information content (AvgIpc) is 0.805. The number of aliphatic carboxylic acids is 1. The SMILES string of the molecule is C[C@@H](c1ccc(OC(F)F)cc1)N1CC[C@](CCC(=O)O)(c2ccc(F)cc2)OC1=O.C[C@@H](c1ccc(OC(F)F)cc1)N1CC[C@](CCC(N)=O)(c2ccc(F)cc2)OC1=O.C[C@@H](c1ccc(OC(F)F)cc1)N1CC[C@](CCCO)(c2ccc(F)cc2)OC1=O. The smallest absolute Gasteiger partial charge is 0.411 e. The van der Waals surface area contributed by atoms with E-state index >= 15 is 0 Å². The highest BCUT2D eigenvalue weighted by atomic mass is 19.3. The zero-order valence-electron chi connectivity index (χ0n) is 50.2. The standard InChI is InChI=1S/C22H23F3N2O4.C22H22F3NO5.C22H24F3NO4/c1-14(15-2-8-18(9-3-15)30-20(24)25)27-13-12-22(31-21(27)29,11-10-19(26)28)16-4-6-17(23)7-5-16;1-14(15-2-8-18(9-3-15)30-20(24)25)26-13-12-22(31-21(26)29,11-10-19(27)28)16-4-6-17(23)7-5-16;1-15(16-3-9-19(10-4-16)29-20(24)25)26-13-12-22(11-2-14-27,30-21(26)28)17-5-7-18(23)8-6-17/h2-9,14,20H,10-13H2,1H3,(H2,26,28);2-9,14,20H,10-13H2,1H3,(H,27,28);3-10,15,20,27H,2,11-14H2,1H3/t2*14-,22+;15-,22+/m000/s1. The Hall–Kier alpha value is -9.20. The number of hydrogen-bond acceptors (Lipinski definition) is 12. The fourth-order valence-corrected chi connectivity index (χ4v) is 11.2. The highest BCUT2D eigenvalue weighted by Crippen LogP contribution is 2.44. The summed E-state index contributed by atoms with van der Waals surface area (Å²) >= 11 is 0. The van der Waals surface area contributed by atoms with Crippen LogP contribution in [0.25, 0.3) is 0 Å². The number of carboxylic acid groups (broad SMARTS) is 1. The van der Waals surface area contributed by atoms with Gasteiger partial charge < -0.3 is 59.1 Å². The van der Waals surface area contributed by atoms with Crippen LogP contribution >= 0.6 is 0 Å². The topological polar surface area (TPSA) is 217 Å². The number of nitrogens with two attached hydrogens (primary N) is 1. The first kappa shape index (κ1) is 70.3. The predicted octanol–water partition coefficient (Wildman–Crippen LogP) is 14.6. The van der Waals surface area contributed by atoms with Gasteiger partial charge in [-0.3, -0.25) is 9.59 Å². The number of carbonyl (C=O) groups excluding carboxylic acids is 4. The van der Waals surface area contributed by atoms with Crippen molar-refractivity contribution in [2.75, 3.05) is 26.2 Å². The molecule has 3 aliphatic heterocycles. The maximum atomic E-state index is 13.4. The first-order valence-corrected chi connectivity index (χ1v) is 29.3. The molecule has 3 aliphatic rings. The van der Waals surface area contributed by atoms with E-state index in [-0.39, 0.29) is 67.9 Å². The number of cyclic esters (lactones) is 3. The predicted molar refractivity (Wildman–Crippen MR) is 314 cm³/mol. The van der Waals surface area contributed by atoms with E-state index in [1.54, 1.807) is 67.3 Å². The molecule has 9 rings (SSSR count). The van der Waals surface area contributed by atoms with E-state index in [0.29, 0.717) is 73.0 Å². The minimum atomic E-state index is -2.93. The van der Waals surface area contributed by atoms with Gasteiger partial charge in [-0.15, -0.1) is 0 Å². The van der Waals surface area contributed by atoms with Crippen molar-refractivity contribution in [3.63, 3.8) is 0 Å². The minimum Gasteiger partial charge on any atom is -0.481 e. The maximum absolute atomic E-state index is 13.4. The van der Waals surface area contributed by atoms with Crippen molar-refractivity contribution in [3.8, 4) is 17.2 Å². The molecule has 26 heteroatoms. The number of rotatable bonds is 24. The number of aliphatic hydroxyl groups is 1. The molecule has 0 unspecified atom stereocenters. The van der Waals surface area contributed by atoms with Crippen molar-refractivity contribution in [1.29, 1.82) is 0 Å². The summed E-state index contributed by atoms with van der Waals surface area (Å²) in [6.45, 7) is -2.44. The molecule has 17 nitrogen and oxygen atoms in total. The van der Waals surface area contributed by atoms with Crippen molar-refractivity contribution in [2.45, 2.75) is 133 Å². The van der Waals surface area contributed by atoms with Crippen molar-refractivity contribution in [2.24, 2.45) is 5.73 Å². The third-order valence-electron chi connectivity index (χ3n) is 16.4. The van der Waals surface area contributed by atoms with E-state index in [0.717, 1.165) is 5.56 Å². The molecule has 6 aromatic carbocycles. The van der Waals surface area contributed by atoms with Gasteiger partial charge in [-0.1, -0.05) is 72.8 Å². The van der Waals surface area contributed by atoms with Crippen LogP contribution < -0.4 is 19.9 Å². The molecule has 0 aromatic heterocycles. The number of carbonyl (C=O) groups is 5. The third-order valence-corrected chi connectivity index (χ3v) is 16.4. The van der Waals surface area contributed by atoms with Crippen LogP contribution in [0.3, 0.4) is 0 Å². The highest BCUT2D eigenvalue weighted by Gasteiger charge is 2.46. The second-order valence-electron chi connectivity index (χ2n) is 22.0. The first-order chi connectivity index (χ1) is 43.7. The summed E-state index contributed by atoms with van der Waals surface area (Å²) in [7, 11) is 0. The molecule has 0 bridgehead atoms. The van der Waals surface area contributed by atoms with Gasteiger partial charge in [0.1, 0.15) is 51.5 Å². The molecule has 92 heavy (non-hydrogen) atoms. The lowest BCUT2D eigenvalue weighted by Crippen LogP contribution is -2.49. The molecule has 3 heterocycles. The summed E-state index contributed by atoms with van der Waals surface area (Å²) in [4.78, 5) is 65.7. The van der Waals surface area contributed by atoms with Crippen LogP contribution in [0.4, 0.5) is 53.9 Å². The largest absolute Gasteiger partial charge is 0.481 e. The molecule has 0 saturated carbocycles. The van der Waals surface area contributed by atoms with Crippen molar-refractivity contribution >= 4 is 30.2 Å². The Bertz CT molecular complexity index is 3240. The number of carboxylic acids is 1. The molecule has 3 saturated heterocycles. The van der Waals surface area contributed by atoms with Gasteiger partial charge in [-0.05, 0) is 140 Å². The number of primary amides is 1. The fourth-order valence-electron chi connectivity index (χ4n) is 11.2. The Balaban J connectivity index is 0.000000196. The molecule has 4 amide bonds. The number of nitrogens with zero attached hydrogens (tertiary/aromatic N) is 3. The van der Waals surface area contributed by atoms with E-state index in [9.17, 15) is 68.6 Å². The summed E-state index contributed by atoms with van der Waals surface area (Å²) in [5, 5.41) is 18.4. The fraction of sp³-hybridized carbons (Fsp3) is 0.379. The second-order valence-corrected chi connectivity index (χ2v) is 22.0. The zero-order valence-corrected chi connectivity index (χ0v) is 50.2. The molecule has 6 aromatic rings. The van der Waals surface area contributed by atoms with Gasteiger partial charge in [-0.2, -0.15) is 26.3 Å². The number of halogens is 9. The molecular weight excluding hydrogens is 1230 g/mol. The van der Waals surface area contributed by atoms with Crippen molar-refractivity contribution < 1.29 is 102 Å². The Morgan fingerprint density at radius 1 is 0.467 bits per heavy atom. The van der Waals surface area contributed by atoms with Gasteiger partial charge in [-0.25, -0.2) is 27.6 Å². The van der Waals surface area contributed by atoms with Crippen LogP contribution in [-0.2, 0) is 40.6 Å². The van der Waals surface area contributed by atoms with E-state index in [1.165, 1.54) is 107 Å². The molecule has 3 fully saturated rings. The Morgan fingerprint density at radius 3 is 0.978 bits per heavy atom. The molecule has 6 atom stereocenters. The Kier molecular flexibility index (Phi) is 24.2. The lowest BCUT2D eigenvalue weighted by Gasteiger charge is -2.43. The minimum absolute atomic E-state index is 0.00576. The quantitative estimate of drug-likeness (QED) is 0.0380. The van der Waals surface area contributed by atoms with Gasteiger partial charge in [0.2, 0.25) is 5.91 Å². The van der Waals surface area contributed by atoms with Gasteiger partial charge in [0, 0.05) is 71.2 Å². The number of benzene rings is 6. The molecule has 494 valence electrons. The number of ether oxygens (including phenoxy) is 6. The number of amides is 4. The highest BCUT2D eigenvalue weighted by molar-refractivity contribution is 5.75. The van der Waals surface area contributed by atoms with Crippen LogP contribution in [0.2, 0.25) is 0 Å². The number of alkyl halides is 6. The lowest BCUT2D eigenvalue weighted by atomic mass is 9.84. The van der Waals surface area contributed by atoms with Crippen LogP contribution in [0.15, 0.2) is 146 Å². The summed E-state index contributed by atoms with van der Waals surface area (Å²) in [5.74, 6) is -2.74. The molecule has 0 radical (unpaired) electrons. The van der Waals surface area contributed by atoms with Gasteiger partial charge in [0.05, 0.1) is 18.1 Å². The van der Waals surface area contributed by atoms with E-state index < -0.39 is 90.5 Å². The summed E-state index contributed by atoms with van der Waals surface area (Å²) in [5.41, 5.74) is 6.06. The average molecular weight is 1300 g/mol. The van der Waals surface area contributed by atoms with Crippen molar-refractivity contribution in [1.82, 2.24) is 14.7 Å². The van der Waals surface area contributed by atoms with Gasteiger partial charge >= 0.3 is 44.1 Å². The maximum Gasteiger partial charge on any atom is 0.411 e. The zero-order chi connectivity index (χ0) is 66.9. The summed E-state index contributed by atoms with van der Waals surface area (Å²) < 4.78 is 144. The Morgan fingerprint density at radius 2 is 0.739 bits per heavy atom. The molecule has 4 N–H and O–H groups in total. The van der Waals surface area contributed by atoms with Crippen LogP contribution in [0.5, 0.6) is 17.2 Å². The number of aliphatic hydroxyl groups excluding tert-OH is 1. The monoisotopic (exact) mass is 1300 g/mol. The molecule has 0 spiro atoms. The van der Waals surface area contributed by atoms with Crippen LogP contribution in [0.1, 0.15) is 130 Å². The van der Waals surface area contributed by atoms with Crippen LogP contribution in [0, 0.1) is 17.5 Å². The Labute approximate surface area is 524 Å². The van der Waals surface area contributed by atoms with E-state index in [4.69, 9.17) is 25.1 Å². The molecular formula is C66H69F9N4O13. The van der Waals surface area contributed by atoms with Gasteiger partial charge in [0.25, 0.3) is 0 Å². The van der Waals surface area contributed by atoms with E-state index in [1.807, 2.05) is 6.92 Å². The number of hydrogen-bond donors (Lipinski definition) is 3. The molecule has 0 aliphatic carbocycles. The van der Waals surface area contributed by atoms with Crippen molar-refractivity contribution in [3.05, 3.63) is 196 Å². The van der Waals surface area contributed by atoms with Crippen LogP contribution in [-0.4, -0.2) is 101 Å². The first-order valence-electron chi connectivity index (χ1n) is 29.3. The normalized spacial score (nSPS) is 19.9. The summed E-state index contributed by atoms with van der Waals surface area (Å²) in [6.07, 6.45) is 0.283. The van der Waals surface area contributed by atoms with E-state index in [2.05, 4.69) is 14.2 Å². The third kappa shape index (κ3) is 18.5.